The smallest absolute Gasteiger partial charge is 0.197 e. The van der Waals surface area contributed by atoms with Crippen LogP contribution in [0.25, 0.3) is 5.70 Å². The highest BCUT2D eigenvalue weighted by Gasteiger charge is 2.37. The second-order valence-electron chi connectivity index (χ2n) is 5.78. The van der Waals surface area contributed by atoms with Crippen LogP contribution in [0.1, 0.15) is 11.1 Å². The van der Waals surface area contributed by atoms with Crippen molar-refractivity contribution in [2.75, 3.05) is 7.11 Å². The van der Waals surface area contributed by atoms with E-state index >= 15 is 0 Å². The van der Waals surface area contributed by atoms with Crippen molar-refractivity contribution in [2.45, 2.75) is 5.50 Å². The van der Waals surface area contributed by atoms with Crippen LogP contribution in [0.15, 0.2) is 68.7 Å². The summed E-state index contributed by atoms with van der Waals surface area (Å²) in [4.78, 5) is 4.45. The summed E-state index contributed by atoms with van der Waals surface area (Å²) in [6.45, 7) is 0. The molecule has 27 heavy (non-hydrogen) atoms. The minimum absolute atomic E-state index is 0.232. The first kappa shape index (κ1) is 17.6. The van der Waals surface area contributed by atoms with Gasteiger partial charge in [0.25, 0.3) is 0 Å². The fourth-order valence-corrected chi connectivity index (χ4v) is 4.13. The Bertz CT molecular complexity index is 1020. The van der Waals surface area contributed by atoms with Gasteiger partial charge in [0.2, 0.25) is 0 Å². The Morgan fingerprint density at radius 3 is 2.44 bits per heavy atom. The third-order valence-electron chi connectivity index (χ3n) is 4.16. The van der Waals surface area contributed by atoms with E-state index in [0.717, 1.165) is 26.4 Å². The van der Waals surface area contributed by atoms with E-state index in [0.29, 0.717) is 11.3 Å². The van der Waals surface area contributed by atoms with Crippen LogP contribution in [0.4, 0.5) is 0 Å². The highest BCUT2D eigenvalue weighted by molar-refractivity contribution is 9.10. The second kappa shape index (κ2) is 7.10. The first-order chi connectivity index (χ1) is 13.1. The van der Waals surface area contributed by atoms with Gasteiger partial charge in [0.1, 0.15) is 28.3 Å². The second-order valence-corrected chi connectivity index (χ2v) is 7.74. The zero-order valence-corrected chi connectivity index (χ0v) is 16.7. The van der Waals surface area contributed by atoms with Gasteiger partial charge in [-0.25, -0.2) is 10.0 Å². The average Bonchev–Trinajstić information content (AvgIpc) is 3.11. The summed E-state index contributed by atoms with van der Waals surface area (Å²) in [5, 5.41) is 17.0. The molecule has 0 aliphatic carbocycles. The third kappa shape index (κ3) is 3.20. The van der Waals surface area contributed by atoms with E-state index in [-0.39, 0.29) is 11.3 Å². The number of halogens is 1. The molecule has 0 spiro atoms. The zero-order valence-electron chi connectivity index (χ0n) is 14.3. The van der Waals surface area contributed by atoms with Crippen LogP contribution in [0.2, 0.25) is 0 Å². The zero-order chi connectivity index (χ0) is 19.0. The molecule has 2 aliphatic rings. The van der Waals surface area contributed by atoms with Crippen molar-refractivity contribution in [1.29, 1.82) is 5.26 Å². The van der Waals surface area contributed by atoms with Crippen LogP contribution in [-0.2, 0) is 0 Å². The van der Waals surface area contributed by atoms with Crippen LogP contribution >= 0.6 is 27.7 Å². The molecule has 2 heterocycles. The molecule has 134 valence electrons. The number of nitrogens with two attached hydrogens (primary N) is 1. The quantitative estimate of drug-likeness (QED) is 0.786. The van der Waals surface area contributed by atoms with Gasteiger partial charge < -0.3 is 10.5 Å². The molecule has 0 bridgehead atoms. The summed E-state index contributed by atoms with van der Waals surface area (Å²) in [7, 11) is 1.63. The number of nitrogens with zero attached hydrogens (tertiary/aromatic N) is 4. The molecule has 0 amide bonds. The lowest BCUT2D eigenvalue weighted by molar-refractivity contribution is 0.410. The van der Waals surface area contributed by atoms with Crippen molar-refractivity contribution >= 4 is 44.3 Å². The molecule has 2 N–H and O–H groups in total. The Morgan fingerprint density at radius 1 is 1.15 bits per heavy atom. The predicted octanol–water partition coefficient (Wildman–Crippen LogP) is 3.76. The fraction of sp³-hybridized carbons (Fsp3) is 0.105. The number of thioether (sulfide) groups is 1. The Labute approximate surface area is 169 Å². The first-order valence-corrected chi connectivity index (χ1v) is 9.71. The van der Waals surface area contributed by atoms with Crippen molar-refractivity contribution < 1.29 is 4.74 Å². The van der Waals surface area contributed by atoms with Crippen molar-refractivity contribution in [1.82, 2.24) is 5.01 Å². The lowest BCUT2D eigenvalue weighted by atomic mass is 10.0. The Kier molecular flexibility index (Phi) is 4.64. The van der Waals surface area contributed by atoms with Crippen molar-refractivity contribution in [3.05, 3.63) is 69.7 Å². The van der Waals surface area contributed by atoms with Crippen molar-refractivity contribution in [3.8, 4) is 11.8 Å². The molecule has 2 aliphatic heterocycles. The van der Waals surface area contributed by atoms with Crippen molar-refractivity contribution in [3.63, 3.8) is 0 Å². The maximum Gasteiger partial charge on any atom is 0.197 e. The van der Waals surface area contributed by atoms with E-state index in [1.54, 1.807) is 12.1 Å². The molecule has 0 aromatic heterocycles. The van der Waals surface area contributed by atoms with Gasteiger partial charge in [0.15, 0.2) is 5.50 Å². The minimum atomic E-state index is -0.335. The summed E-state index contributed by atoms with van der Waals surface area (Å²) in [5.74, 6) is 1.01. The Morgan fingerprint density at radius 2 is 1.81 bits per heavy atom. The number of benzene rings is 2. The van der Waals surface area contributed by atoms with Crippen LogP contribution in [0.3, 0.4) is 0 Å². The van der Waals surface area contributed by atoms with E-state index < -0.39 is 0 Å². The van der Waals surface area contributed by atoms with Crippen LogP contribution in [0, 0.1) is 11.3 Å². The molecular weight excluding hydrogens is 426 g/mol. The van der Waals surface area contributed by atoms with Gasteiger partial charge in [-0.05, 0) is 36.4 Å². The van der Waals surface area contributed by atoms with Crippen molar-refractivity contribution in [2.24, 2.45) is 15.8 Å². The van der Waals surface area contributed by atoms with Gasteiger partial charge in [-0.2, -0.15) is 10.4 Å². The average molecular weight is 440 g/mol. The van der Waals surface area contributed by atoms with Gasteiger partial charge in [-0.1, -0.05) is 39.8 Å². The summed E-state index contributed by atoms with van der Waals surface area (Å²) in [5.41, 5.74) is 8.55. The molecule has 1 unspecified atom stereocenters. The SMILES string of the molecule is COc1ccc(C2=NN3C(c4ccc(Br)cc4)=C(C#N)C(N)=NC3S2)cc1. The minimum Gasteiger partial charge on any atom is -0.497 e. The molecule has 6 nitrogen and oxygen atoms in total. The number of rotatable bonds is 3. The molecular formula is C19H14BrN5OS. The van der Waals surface area contributed by atoms with Gasteiger partial charge >= 0.3 is 0 Å². The Balaban J connectivity index is 1.78. The molecule has 1 atom stereocenters. The maximum atomic E-state index is 9.63. The topological polar surface area (TPSA) is 87.0 Å². The molecule has 2 aromatic rings. The molecule has 4 rings (SSSR count). The number of hydrogen-bond donors (Lipinski definition) is 1. The molecule has 8 heteroatoms. The normalized spacial score (nSPS) is 18.6. The summed E-state index contributed by atoms with van der Waals surface area (Å²) < 4.78 is 6.17. The largest absolute Gasteiger partial charge is 0.497 e. The number of aliphatic imine (C=N–C) groups is 1. The molecule has 0 fully saturated rings. The number of fused-ring (bicyclic) bond motifs is 1. The highest BCUT2D eigenvalue weighted by Crippen LogP contribution is 2.40. The third-order valence-corrected chi connectivity index (χ3v) is 5.75. The standard InChI is InChI=1S/C19H14BrN5OS/c1-26-14-8-4-12(5-9-14)18-24-25-16(11-2-6-13(20)7-3-11)15(10-21)17(22)23-19(25)27-18/h2-9,19H,1H3,(H2,22,23). The number of ether oxygens (including phenoxy) is 1. The monoisotopic (exact) mass is 439 g/mol. The first-order valence-electron chi connectivity index (χ1n) is 8.03. The predicted molar refractivity (Wildman–Crippen MR) is 111 cm³/mol. The van der Waals surface area contributed by atoms with E-state index in [1.165, 1.54) is 11.8 Å². The van der Waals surface area contributed by atoms with Gasteiger partial charge in [0, 0.05) is 15.6 Å². The van der Waals surface area contributed by atoms with Gasteiger partial charge in [-0.15, -0.1) is 0 Å². The van der Waals surface area contributed by atoms with E-state index in [1.807, 2.05) is 48.5 Å². The van der Waals surface area contributed by atoms with Gasteiger partial charge in [-0.3, -0.25) is 0 Å². The van der Waals surface area contributed by atoms with Crippen LogP contribution in [0.5, 0.6) is 5.75 Å². The molecule has 0 saturated carbocycles. The number of hydrogen-bond acceptors (Lipinski definition) is 7. The lowest BCUT2D eigenvalue weighted by Crippen LogP contribution is -2.33. The number of hydrazone groups is 1. The number of nitriles is 1. The van der Waals surface area contributed by atoms with E-state index in [4.69, 9.17) is 15.6 Å². The molecule has 2 aromatic carbocycles. The van der Waals surface area contributed by atoms with E-state index in [2.05, 4.69) is 27.0 Å². The van der Waals surface area contributed by atoms with Crippen LogP contribution in [-0.4, -0.2) is 28.5 Å². The Hall–Kier alpha value is -2.76. The lowest BCUT2D eigenvalue weighted by Gasteiger charge is -2.27. The number of amidine groups is 1. The molecule has 0 radical (unpaired) electrons. The fourth-order valence-electron chi connectivity index (χ4n) is 2.84. The summed E-state index contributed by atoms with van der Waals surface area (Å²) in [6, 6.07) is 17.6. The number of methoxy groups -OCH3 is 1. The summed E-state index contributed by atoms with van der Waals surface area (Å²) >= 11 is 4.93. The summed E-state index contributed by atoms with van der Waals surface area (Å²) in [6.07, 6.45) is 0. The van der Waals surface area contributed by atoms with Gasteiger partial charge in [0.05, 0.1) is 12.8 Å². The molecule has 0 saturated heterocycles. The highest BCUT2D eigenvalue weighted by atomic mass is 79.9. The van der Waals surface area contributed by atoms with E-state index in [9.17, 15) is 5.26 Å². The maximum absolute atomic E-state index is 9.63. The van der Waals surface area contributed by atoms with Crippen LogP contribution < -0.4 is 10.5 Å².